The third kappa shape index (κ3) is 2.35. The number of nitrogens with one attached hydrogen (secondary N) is 1. The summed E-state index contributed by atoms with van der Waals surface area (Å²) in [6.45, 7) is 3.68. The highest BCUT2D eigenvalue weighted by atomic mass is 16.2. The maximum Gasteiger partial charge on any atom is 0.244 e. The molecule has 0 bridgehead atoms. The molecule has 0 saturated carbocycles. The summed E-state index contributed by atoms with van der Waals surface area (Å²) in [7, 11) is 1.86. The molecule has 0 spiro atoms. The molecule has 2 rings (SSSR count). The van der Waals surface area contributed by atoms with Gasteiger partial charge in [-0.1, -0.05) is 0 Å². The summed E-state index contributed by atoms with van der Waals surface area (Å²) in [6, 6.07) is 1.67. The van der Waals surface area contributed by atoms with Crippen LogP contribution in [-0.4, -0.2) is 39.7 Å². The van der Waals surface area contributed by atoms with Crippen LogP contribution in [0.25, 0.3) is 0 Å². The van der Waals surface area contributed by atoms with Gasteiger partial charge in [0.1, 0.15) is 11.9 Å². The molecule has 1 amide bonds. The zero-order chi connectivity index (χ0) is 11.5. The Labute approximate surface area is 95.4 Å². The molecule has 16 heavy (non-hydrogen) atoms. The first-order valence-corrected chi connectivity index (χ1v) is 5.72. The normalized spacial score (nSPS) is 17.5. The average molecular weight is 222 g/mol. The van der Waals surface area contributed by atoms with E-state index in [1.54, 1.807) is 4.68 Å². The standard InChI is InChI=1S/C11H18N4O/c1-9(11(16)15-6-3-4-7-15)12-10-5-8-14(2)13-10/h5,8-9H,3-4,6-7H2,1-2H3,(H,12,13). The van der Waals surface area contributed by atoms with Gasteiger partial charge in [0.15, 0.2) is 0 Å². The maximum absolute atomic E-state index is 12.0. The van der Waals surface area contributed by atoms with E-state index < -0.39 is 0 Å². The number of amides is 1. The van der Waals surface area contributed by atoms with Crippen LogP contribution < -0.4 is 5.32 Å². The van der Waals surface area contributed by atoms with Crippen LogP contribution in [0.2, 0.25) is 0 Å². The van der Waals surface area contributed by atoms with Crippen molar-refractivity contribution in [3.63, 3.8) is 0 Å². The van der Waals surface area contributed by atoms with Gasteiger partial charge >= 0.3 is 0 Å². The number of aromatic nitrogens is 2. The van der Waals surface area contributed by atoms with Crippen LogP contribution >= 0.6 is 0 Å². The van der Waals surface area contributed by atoms with Crippen molar-refractivity contribution in [1.82, 2.24) is 14.7 Å². The van der Waals surface area contributed by atoms with Crippen LogP contribution in [0.4, 0.5) is 5.82 Å². The number of hydrogen-bond donors (Lipinski definition) is 1. The summed E-state index contributed by atoms with van der Waals surface area (Å²) < 4.78 is 1.72. The zero-order valence-electron chi connectivity index (χ0n) is 9.81. The van der Waals surface area contributed by atoms with Crippen molar-refractivity contribution in [3.05, 3.63) is 12.3 Å². The minimum atomic E-state index is -0.201. The number of likely N-dealkylation sites (tertiary alicyclic amines) is 1. The van der Waals surface area contributed by atoms with Crippen molar-refractivity contribution in [3.8, 4) is 0 Å². The van der Waals surface area contributed by atoms with Crippen LogP contribution in [0.1, 0.15) is 19.8 Å². The van der Waals surface area contributed by atoms with E-state index in [-0.39, 0.29) is 11.9 Å². The Bertz CT molecular complexity index is 368. The smallest absolute Gasteiger partial charge is 0.244 e. The molecule has 5 heteroatoms. The van der Waals surface area contributed by atoms with E-state index in [4.69, 9.17) is 0 Å². The van der Waals surface area contributed by atoms with Crippen molar-refractivity contribution in [2.45, 2.75) is 25.8 Å². The molecule has 1 fully saturated rings. The Morgan fingerprint density at radius 2 is 2.19 bits per heavy atom. The molecule has 88 valence electrons. The van der Waals surface area contributed by atoms with Crippen LogP contribution in [0.3, 0.4) is 0 Å². The van der Waals surface area contributed by atoms with Gasteiger partial charge in [0, 0.05) is 32.4 Å². The van der Waals surface area contributed by atoms with Gasteiger partial charge in [0.05, 0.1) is 0 Å². The van der Waals surface area contributed by atoms with E-state index in [1.165, 1.54) is 0 Å². The van der Waals surface area contributed by atoms with Gasteiger partial charge in [0.2, 0.25) is 5.91 Å². The molecule has 1 atom stereocenters. The summed E-state index contributed by atoms with van der Waals surface area (Å²) in [5.41, 5.74) is 0. The first-order valence-electron chi connectivity index (χ1n) is 5.72. The molecule has 1 unspecified atom stereocenters. The first-order chi connectivity index (χ1) is 7.66. The van der Waals surface area contributed by atoms with E-state index in [2.05, 4.69) is 10.4 Å². The Hall–Kier alpha value is -1.52. The highest BCUT2D eigenvalue weighted by molar-refractivity contribution is 5.84. The van der Waals surface area contributed by atoms with Gasteiger partial charge < -0.3 is 10.2 Å². The van der Waals surface area contributed by atoms with Crippen molar-refractivity contribution in [2.24, 2.45) is 7.05 Å². The third-order valence-corrected chi connectivity index (χ3v) is 2.87. The lowest BCUT2D eigenvalue weighted by Gasteiger charge is -2.20. The van der Waals surface area contributed by atoms with Gasteiger partial charge in [-0.3, -0.25) is 9.48 Å². The summed E-state index contributed by atoms with van der Waals surface area (Å²) in [4.78, 5) is 13.9. The van der Waals surface area contributed by atoms with Gasteiger partial charge in [-0.25, -0.2) is 0 Å². The van der Waals surface area contributed by atoms with E-state index in [0.29, 0.717) is 0 Å². The lowest BCUT2D eigenvalue weighted by Crippen LogP contribution is -2.39. The summed E-state index contributed by atoms with van der Waals surface area (Å²) in [5.74, 6) is 0.922. The second-order valence-corrected chi connectivity index (χ2v) is 4.27. The van der Waals surface area contributed by atoms with E-state index >= 15 is 0 Å². The van der Waals surface area contributed by atoms with Gasteiger partial charge in [-0.05, 0) is 19.8 Å². The number of hydrogen-bond acceptors (Lipinski definition) is 3. The largest absolute Gasteiger partial charge is 0.357 e. The molecule has 0 aromatic carbocycles. The summed E-state index contributed by atoms with van der Waals surface area (Å²) >= 11 is 0. The Morgan fingerprint density at radius 1 is 1.50 bits per heavy atom. The summed E-state index contributed by atoms with van der Waals surface area (Å²) in [5, 5.41) is 7.31. The topological polar surface area (TPSA) is 50.2 Å². The molecule has 1 saturated heterocycles. The quantitative estimate of drug-likeness (QED) is 0.824. The molecule has 1 aliphatic rings. The number of rotatable bonds is 3. The van der Waals surface area contributed by atoms with Gasteiger partial charge in [-0.15, -0.1) is 0 Å². The molecular weight excluding hydrogens is 204 g/mol. The maximum atomic E-state index is 12.0. The minimum Gasteiger partial charge on any atom is -0.357 e. The fourth-order valence-electron chi connectivity index (χ4n) is 1.99. The predicted molar refractivity (Wildman–Crippen MR) is 62.1 cm³/mol. The third-order valence-electron chi connectivity index (χ3n) is 2.87. The van der Waals surface area contributed by atoms with Crippen LogP contribution in [-0.2, 0) is 11.8 Å². The summed E-state index contributed by atoms with van der Waals surface area (Å²) in [6.07, 6.45) is 4.11. The average Bonchev–Trinajstić information content (AvgIpc) is 2.88. The molecular formula is C11H18N4O. The van der Waals surface area contributed by atoms with Crippen LogP contribution in [0.15, 0.2) is 12.3 Å². The molecule has 0 aliphatic carbocycles. The number of anilines is 1. The first kappa shape index (κ1) is 11.0. The van der Waals surface area contributed by atoms with Crippen LogP contribution in [0, 0.1) is 0 Å². The molecule has 1 aliphatic heterocycles. The number of carbonyl (C=O) groups excluding carboxylic acids is 1. The predicted octanol–water partition coefficient (Wildman–Crippen LogP) is 0.843. The van der Waals surface area contributed by atoms with Crippen molar-refractivity contribution in [2.75, 3.05) is 18.4 Å². The van der Waals surface area contributed by atoms with Crippen LogP contribution in [0.5, 0.6) is 0 Å². The highest BCUT2D eigenvalue weighted by Crippen LogP contribution is 2.11. The fourth-order valence-corrected chi connectivity index (χ4v) is 1.99. The molecule has 1 N–H and O–H groups in total. The number of carbonyl (C=O) groups is 1. The minimum absolute atomic E-state index is 0.170. The molecule has 2 heterocycles. The molecule has 5 nitrogen and oxygen atoms in total. The van der Waals surface area contributed by atoms with Crippen molar-refractivity contribution < 1.29 is 4.79 Å². The molecule has 1 aromatic rings. The molecule has 0 radical (unpaired) electrons. The monoisotopic (exact) mass is 222 g/mol. The van der Waals surface area contributed by atoms with E-state index in [1.807, 2.05) is 31.1 Å². The molecule has 1 aromatic heterocycles. The fraction of sp³-hybridized carbons (Fsp3) is 0.636. The van der Waals surface area contributed by atoms with Gasteiger partial charge in [0.25, 0.3) is 0 Å². The van der Waals surface area contributed by atoms with Gasteiger partial charge in [-0.2, -0.15) is 5.10 Å². The zero-order valence-corrected chi connectivity index (χ0v) is 9.81. The van der Waals surface area contributed by atoms with Crippen molar-refractivity contribution >= 4 is 11.7 Å². The van der Waals surface area contributed by atoms with E-state index in [0.717, 1.165) is 31.7 Å². The Kier molecular flexibility index (Phi) is 3.12. The van der Waals surface area contributed by atoms with Crippen molar-refractivity contribution in [1.29, 1.82) is 0 Å². The Balaban J connectivity index is 1.91. The second kappa shape index (κ2) is 4.55. The second-order valence-electron chi connectivity index (χ2n) is 4.27. The SMILES string of the molecule is CC(Nc1ccn(C)n1)C(=O)N1CCCC1. The number of aryl methyl sites for hydroxylation is 1. The highest BCUT2D eigenvalue weighted by Gasteiger charge is 2.23. The van der Waals surface area contributed by atoms with E-state index in [9.17, 15) is 4.79 Å². The lowest BCUT2D eigenvalue weighted by molar-refractivity contribution is -0.130. The number of nitrogens with zero attached hydrogens (tertiary/aromatic N) is 3. The Morgan fingerprint density at radius 3 is 2.75 bits per heavy atom. The lowest BCUT2D eigenvalue weighted by atomic mass is 10.3.